The molecule has 0 fully saturated rings. The minimum absolute atomic E-state index is 0.902. The zero-order valence-electron chi connectivity index (χ0n) is 9.74. The molecule has 2 nitrogen and oxygen atoms in total. The van der Waals surface area contributed by atoms with E-state index in [0.29, 0.717) is 0 Å². The number of nitrogens with zero attached hydrogens (tertiary/aromatic N) is 2. The van der Waals surface area contributed by atoms with Crippen LogP contribution in [0.3, 0.4) is 0 Å². The molecule has 0 aliphatic carbocycles. The molecule has 3 aromatic rings. The summed E-state index contributed by atoms with van der Waals surface area (Å²) in [7, 11) is 0. The minimum atomic E-state index is 0.902. The van der Waals surface area contributed by atoms with Crippen molar-refractivity contribution in [3.8, 4) is 0 Å². The first-order valence-electron chi connectivity index (χ1n) is 5.83. The number of rotatable bonds is 3. The van der Waals surface area contributed by atoms with Crippen molar-refractivity contribution in [2.24, 2.45) is 0 Å². The first kappa shape index (κ1) is 11.6. The van der Waals surface area contributed by atoms with Gasteiger partial charge >= 0.3 is 0 Å². The van der Waals surface area contributed by atoms with Crippen LogP contribution in [-0.4, -0.2) is 8.94 Å². The maximum Gasteiger partial charge on any atom is 0.142 e. The van der Waals surface area contributed by atoms with Crippen LogP contribution in [0.2, 0.25) is 0 Å². The van der Waals surface area contributed by atoms with Gasteiger partial charge in [-0.15, -0.1) is 0 Å². The summed E-state index contributed by atoms with van der Waals surface area (Å²) in [6.45, 7) is 0.921. The highest BCUT2D eigenvalue weighted by molar-refractivity contribution is 7.71. The van der Waals surface area contributed by atoms with E-state index in [4.69, 9.17) is 12.2 Å². The Hall–Kier alpha value is -1.52. The Morgan fingerprint density at radius 1 is 1.11 bits per heavy atom. The van der Waals surface area contributed by atoms with Crippen molar-refractivity contribution >= 4 is 34.0 Å². The third-order valence-electron chi connectivity index (χ3n) is 2.87. The predicted octanol–water partition coefficient (Wildman–Crippen LogP) is 4.07. The topological polar surface area (TPSA) is 17.8 Å². The number of pyridine rings is 1. The standard InChI is InChI=1S/C14H12N2S2/c17-14-12-7-4-9-15-13(12)18-16(14)10-8-11-5-2-1-3-6-11/h1-7,9H,8,10H2. The molecule has 0 aliphatic rings. The Labute approximate surface area is 115 Å². The van der Waals surface area contributed by atoms with E-state index in [1.54, 1.807) is 11.5 Å². The first-order chi connectivity index (χ1) is 8.84. The molecule has 0 bridgehead atoms. The van der Waals surface area contributed by atoms with Gasteiger partial charge in [0, 0.05) is 18.1 Å². The Bertz CT molecular complexity index is 713. The summed E-state index contributed by atoms with van der Waals surface area (Å²) in [5.41, 5.74) is 1.34. The van der Waals surface area contributed by atoms with Crippen LogP contribution in [0.15, 0.2) is 48.7 Å². The van der Waals surface area contributed by atoms with E-state index in [-0.39, 0.29) is 0 Å². The second-order valence-electron chi connectivity index (χ2n) is 4.09. The predicted molar refractivity (Wildman–Crippen MR) is 78.6 cm³/mol. The van der Waals surface area contributed by atoms with E-state index in [2.05, 4.69) is 33.2 Å². The number of aromatic nitrogens is 2. The van der Waals surface area contributed by atoms with Crippen molar-refractivity contribution in [2.45, 2.75) is 13.0 Å². The van der Waals surface area contributed by atoms with E-state index in [9.17, 15) is 0 Å². The van der Waals surface area contributed by atoms with Crippen molar-refractivity contribution < 1.29 is 0 Å². The molecule has 0 atom stereocenters. The maximum atomic E-state index is 5.48. The van der Waals surface area contributed by atoms with Crippen LogP contribution in [0, 0.1) is 4.64 Å². The summed E-state index contributed by atoms with van der Waals surface area (Å²) in [5, 5.41) is 1.09. The lowest BCUT2D eigenvalue weighted by molar-refractivity contribution is 0.748. The normalized spacial score (nSPS) is 10.9. The van der Waals surface area contributed by atoms with Crippen molar-refractivity contribution in [2.75, 3.05) is 0 Å². The third kappa shape index (κ3) is 2.21. The lowest BCUT2D eigenvalue weighted by Gasteiger charge is -2.01. The molecule has 0 aliphatic heterocycles. The number of aryl methyl sites for hydroxylation is 2. The summed E-state index contributed by atoms with van der Waals surface area (Å²) in [5.74, 6) is 0. The van der Waals surface area contributed by atoms with E-state index in [1.807, 2.05) is 24.4 Å². The van der Waals surface area contributed by atoms with Crippen molar-refractivity contribution in [3.63, 3.8) is 0 Å². The molecule has 0 amide bonds. The van der Waals surface area contributed by atoms with Gasteiger partial charge in [0.05, 0.1) is 0 Å². The zero-order chi connectivity index (χ0) is 12.4. The van der Waals surface area contributed by atoms with Gasteiger partial charge in [-0.2, -0.15) is 0 Å². The zero-order valence-corrected chi connectivity index (χ0v) is 11.4. The van der Waals surface area contributed by atoms with Crippen molar-refractivity contribution in [1.82, 2.24) is 8.94 Å². The Morgan fingerprint density at radius 3 is 2.72 bits per heavy atom. The SMILES string of the molecule is S=c1c2cccnc2sn1CCc1ccccc1. The Balaban J connectivity index is 1.87. The lowest BCUT2D eigenvalue weighted by atomic mass is 10.2. The van der Waals surface area contributed by atoms with Crippen LogP contribution >= 0.6 is 23.8 Å². The van der Waals surface area contributed by atoms with Crippen LogP contribution in [0.25, 0.3) is 10.2 Å². The number of fused-ring (bicyclic) bond motifs is 1. The van der Waals surface area contributed by atoms with Gasteiger partial charge in [0.1, 0.15) is 9.47 Å². The summed E-state index contributed by atoms with van der Waals surface area (Å²) in [4.78, 5) is 5.37. The van der Waals surface area contributed by atoms with Crippen LogP contribution in [-0.2, 0) is 13.0 Å². The smallest absolute Gasteiger partial charge is 0.142 e. The average molecular weight is 272 g/mol. The van der Waals surface area contributed by atoms with E-state index < -0.39 is 0 Å². The minimum Gasteiger partial charge on any atom is -0.286 e. The molecular weight excluding hydrogens is 260 g/mol. The molecule has 0 N–H and O–H groups in total. The highest BCUT2D eigenvalue weighted by Gasteiger charge is 2.04. The second-order valence-corrected chi connectivity index (χ2v) is 5.49. The van der Waals surface area contributed by atoms with Gasteiger partial charge in [0.25, 0.3) is 0 Å². The molecule has 90 valence electrons. The quantitative estimate of drug-likeness (QED) is 0.669. The highest BCUT2D eigenvalue weighted by atomic mass is 32.1. The molecule has 1 aromatic carbocycles. The third-order valence-corrected chi connectivity index (χ3v) is 4.51. The van der Waals surface area contributed by atoms with Gasteiger partial charge in [0.15, 0.2) is 0 Å². The molecule has 0 unspecified atom stereocenters. The van der Waals surface area contributed by atoms with Gasteiger partial charge in [-0.05, 0) is 35.6 Å². The monoisotopic (exact) mass is 272 g/mol. The average Bonchev–Trinajstić information content (AvgIpc) is 2.75. The maximum absolute atomic E-state index is 5.48. The molecule has 2 aromatic heterocycles. The summed E-state index contributed by atoms with van der Waals surface area (Å²) < 4.78 is 3.05. The van der Waals surface area contributed by atoms with Crippen LogP contribution < -0.4 is 0 Å². The second kappa shape index (κ2) is 5.00. The lowest BCUT2D eigenvalue weighted by Crippen LogP contribution is -1.97. The molecule has 3 rings (SSSR count). The molecular formula is C14H12N2S2. The molecule has 0 radical (unpaired) electrons. The fourth-order valence-corrected chi connectivity index (χ4v) is 3.31. The molecule has 18 heavy (non-hydrogen) atoms. The van der Waals surface area contributed by atoms with Gasteiger partial charge in [-0.25, -0.2) is 4.98 Å². The van der Waals surface area contributed by atoms with Gasteiger partial charge in [-0.1, -0.05) is 42.5 Å². The van der Waals surface area contributed by atoms with Gasteiger partial charge in [0.2, 0.25) is 0 Å². The van der Waals surface area contributed by atoms with E-state index in [1.165, 1.54) is 5.56 Å². The largest absolute Gasteiger partial charge is 0.286 e. The molecule has 0 spiro atoms. The molecule has 0 saturated heterocycles. The fourth-order valence-electron chi connectivity index (χ4n) is 1.93. The highest BCUT2D eigenvalue weighted by Crippen LogP contribution is 2.20. The Morgan fingerprint density at radius 2 is 1.94 bits per heavy atom. The summed E-state index contributed by atoms with van der Waals surface area (Å²) in [6.07, 6.45) is 2.82. The van der Waals surface area contributed by atoms with Crippen LogP contribution in [0.4, 0.5) is 0 Å². The molecule has 4 heteroatoms. The van der Waals surface area contributed by atoms with E-state index in [0.717, 1.165) is 27.8 Å². The van der Waals surface area contributed by atoms with Gasteiger partial charge in [-0.3, -0.25) is 3.96 Å². The first-order valence-corrected chi connectivity index (χ1v) is 7.01. The van der Waals surface area contributed by atoms with Crippen molar-refractivity contribution in [1.29, 1.82) is 0 Å². The fraction of sp³-hybridized carbons (Fsp3) is 0.143. The number of benzene rings is 1. The summed E-state index contributed by atoms with van der Waals surface area (Å²) >= 11 is 7.12. The summed E-state index contributed by atoms with van der Waals surface area (Å²) in [6, 6.07) is 14.5. The number of hydrogen-bond donors (Lipinski definition) is 0. The van der Waals surface area contributed by atoms with Crippen LogP contribution in [0.1, 0.15) is 5.56 Å². The van der Waals surface area contributed by atoms with Crippen molar-refractivity contribution in [3.05, 3.63) is 58.9 Å². The van der Waals surface area contributed by atoms with Crippen LogP contribution in [0.5, 0.6) is 0 Å². The molecule has 0 saturated carbocycles. The van der Waals surface area contributed by atoms with E-state index >= 15 is 0 Å². The Kier molecular flexibility index (Phi) is 3.21. The number of hydrogen-bond acceptors (Lipinski definition) is 3. The molecule has 2 heterocycles. The van der Waals surface area contributed by atoms with Gasteiger partial charge < -0.3 is 0 Å².